The monoisotopic (exact) mass is 283 g/mol. The van der Waals surface area contributed by atoms with Crippen LogP contribution in [0.25, 0.3) is 11.3 Å². The van der Waals surface area contributed by atoms with E-state index in [2.05, 4.69) is 14.9 Å². The summed E-state index contributed by atoms with van der Waals surface area (Å²) in [5.41, 5.74) is 2.65. The highest BCUT2D eigenvalue weighted by atomic mass is 19.1. The Labute approximate surface area is 121 Å². The number of aromatic nitrogens is 2. The molecular formula is C16H14FN3O. The van der Waals surface area contributed by atoms with Crippen molar-refractivity contribution in [2.45, 2.75) is 0 Å². The lowest BCUT2D eigenvalue weighted by molar-refractivity contribution is -0.109. The van der Waals surface area contributed by atoms with Gasteiger partial charge in [-0.25, -0.2) is 14.4 Å². The van der Waals surface area contributed by atoms with E-state index >= 15 is 0 Å². The van der Waals surface area contributed by atoms with Gasteiger partial charge < -0.3 is 9.69 Å². The van der Waals surface area contributed by atoms with Crippen molar-refractivity contribution in [1.82, 2.24) is 9.97 Å². The zero-order chi connectivity index (χ0) is 14.4. The first-order valence-corrected chi connectivity index (χ1v) is 7.04. The van der Waals surface area contributed by atoms with E-state index < -0.39 is 0 Å². The van der Waals surface area contributed by atoms with E-state index in [0.717, 1.165) is 36.3 Å². The Bertz CT molecular complexity index is 676. The van der Waals surface area contributed by atoms with Crippen LogP contribution in [0.2, 0.25) is 0 Å². The number of hydrogen-bond acceptors (Lipinski definition) is 4. The number of fused-ring (bicyclic) bond motifs is 1. The summed E-state index contributed by atoms with van der Waals surface area (Å²) in [6, 6.07) is 6.33. The fourth-order valence-electron chi connectivity index (χ4n) is 3.35. The Morgan fingerprint density at radius 1 is 1.19 bits per heavy atom. The fourth-order valence-corrected chi connectivity index (χ4v) is 3.35. The molecule has 4 rings (SSSR count). The molecule has 4 nitrogen and oxygen atoms in total. The van der Waals surface area contributed by atoms with Gasteiger partial charge >= 0.3 is 0 Å². The predicted octanol–water partition coefficient (Wildman–Crippen LogP) is 2.16. The molecule has 1 aliphatic carbocycles. The number of carbonyl (C=O) groups excluding carboxylic acids is 1. The zero-order valence-corrected chi connectivity index (χ0v) is 11.3. The van der Waals surface area contributed by atoms with Gasteiger partial charge in [0.1, 0.15) is 18.4 Å². The summed E-state index contributed by atoms with van der Waals surface area (Å²) in [5.74, 6) is 0.929. The highest BCUT2D eigenvalue weighted by molar-refractivity contribution is 5.75. The van der Waals surface area contributed by atoms with Crippen molar-refractivity contribution in [1.29, 1.82) is 0 Å². The summed E-state index contributed by atoms with van der Waals surface area (Å²) in [4.78, 5) is 21.6. The maximum absolute atomic E-state index is 13.1. The van der Waals surface area contributed by atoms with Gasteiger partial charge in [0.2, 0.25) is 0 Å². The van der Waals surface area contributed by atoms with Gasteiger partial charge in [-0.1, -0.05) is 0 Å². The van der Waals surface area contributed by atoms with Gasteiger partial charge in [0, 0.05) is 24.6 Å². The van der Waals surface area contributed by atoms with E-state index in [1.165, 1.54) is 18.5 Å². The van der Waals surface area contributed by atoms with Crippen LogP contribution >= 0.6 is 0 Å². The molecule has 1 saturated carbocycles. The Hall–Kier alpha value is -2.30. The molecule has 0 unspecified atom stereocenters. The molecule has 3 atom stereocenters. The predicted molar refractivity (Wildman–Crippen MR) is 76.2 cm³/mol. The summed E-state index contributed by atoms with van der Waals surface area (Å²) in [6.45, 7) is 1.74. The number of hydrogen-bond donors (Lipinski definition) is 0. The second-order valence-corrected chi connectivity index (χ2v) is 5.71. The molecule has 2 fully saturated rings. The van der Waals surface area contributed by atoms with Gasteiger partial charge in [0.15, 0.2) is 0 Å². The lowest BCUT2D eigenvalue weighted by Crippen LogP contribution is -2.25. The number of anilines is 1. The first kappa shape index (κ1) is 12.4. The fraction of sp³-hybridized carbons (Fsp3) is 0.312. The maximum Gasteiger partial charge on any atom is 0.123 e. The maximum atomic E-state index is 13.1. The van der Waals surface area contributed by atoms with Crippen LogP contribution < -0.4 is 4.90 Å². The highest BCUT2D eigenvalue weighted by Crippen LogP contribution is 2.51. The van der Waals surface area contributed by atoms with Gasteiger partial charge in [0.25, 0.3) is 0 Å². The van der Waals surface area contributed by atoms with Crippen LogP contribution in [-0.2, 0) is 4.79 Å². The number of carbonyl (C=O) groups is 1. The molecule has 1 aromatic heterocycles. The number of nitrogens with zero attached hydrogens (tertiary/aromatic N) is 3. The standard InChI is InChI=1S/C16H14FN3O/c17-11-3-1-10(2-4-11)16-15(5-18-9-19-16)20-6-12-13(7-20)14(12)8-21/h1-5,8-9,12-14H,6-7H2/t12-,13+,14+. The SMILES string of the molecule is O=C[C@@H]1[C@H]2CN(c3cncnc3-c3ccc(F)cc3)C[C@@H]12. The van der Waals surface area contributed by atoms with Gasteiger partial charge in [-0.05, 0) is 36.1 Å². The van der Waals surface area contributed by atoms with Crippen LogP contribution in [-0.4, -0.2) is 29.3 Å². The van der Waals surface area contributed by atoms with Crippen molar-refractivity contribution in [2.75, 3.05) is 18.0 Å². The van der Waals surface area contributed by atoms with Crippen LogP contribution in [0.15, 0.2) is 36.8 Å². The molecule has 2 heterocycles. The number of aldehydes is 1. The molecule has 106 valence electrons. The summed E-state index contributed by atoms with van der Waals surface area (Å²) in [6.07, 6.45) is 4.38. The zero-order valence-electron chi connectivity index (χ0n) is 11.3. The first-order chi connectivity index (χ1) is 10.3. The molecule has 0 spiro atoms. The molecule has 0 bridgehead atoms. The Kier molecular flexibility index (Phi) is 2.74. The second-order valence-electron chi connectivity index (χ2n) is 5.71. The van der Waals surface area contributed by atoms with Crippen molar-refractivity contribution < 1.29 is 9.18 Å². The van der Waals surface area contributed by atoms with Crippen molar-refractivity contribution in [3.8, 4) is 11.3 Å². The van der Waals surface area contributed by atoms with Crippen LogP contribution in [0.4, 0.5) is 10.1 Å². The molecule has 1 aliphatic heterocycles. The Balaban J connectivity index is 1.65. The van der Waals surface area contributed by atoms with Crippen molar-refractivity contribution in [2.24, 2.45) is 17.8 Å². The van der Waals surface area contributed by atoms with Gasteiger partial charge in [-0.3, -0.25) is 0 Å². The third kappa shape index (κ3) is 2.00. The smallest absolute Gasteiger partial charge is 0.123 e. The molecule has 2 aliphatic rings. The molecule has 1 saturated heterocycles. The van der Waals surface area contributed by atoms with Gasteiger partial charge in [-0.15, -0.1) is 0 Å². The van der Waals surface area contributed by atoms with Crippen LogP contribution in [0, 0.1) is 23.6 Å². The lowest BCUT2D eigenvalue weighted by Gasteiger charge is -2.23. The van der Waals surface area contributed by atoms with E-state index in [-0.39, 0.29) is 11.7 Å². The minimum atomic E-state index is -0.259. The number of halogens is 1. The van der Waals surface area contributed by atoms with Crippen molar-refractivity contribution >= 4 is 12.0 Å². The highest BCUT2D eigenvalue weighted by Gasteiger charge is 2.55. The summed E-state index contributed by atoms with van der Waals surface area (Å²) < 4.78 is 13.1. The first-order valence-electron chi connectivity index (χ1n) is 7.04. The average molecular weight is 283 g/mol. The Morgan fingerprint density at radius 2 is 1.90 bits per heavy atom. The Morgan fingerprint density at radius 3 is 2.57 bits per heavy atom. The van der Waals surface area contributed by atoms with Crippen molar-refractivity contribution in [3.63, 3.8) is 0 Å². The molecule has 21 heavy (non-hydrogen) atoms. The molecule has 0 N–H and O–H groups in total. The average Bonchev–Trinajstić information content (AvgIpc) is 2.99. The minimum Gasteiger partial charge on any atom is -0.368 e. The van der Waals surface area contributed by atoms with E-state index in [1.54, 1.807) is 18.3 Å². The molecule has 5 heteroatoms. The molecular weight excluding hydrogens is 269 g/mol. The topological polar surface area (TPSA) is 46.1 Å². The van der Waals surface area contributed by atoms with Crippen LogP contribution in [0.3, 0.4) is 0 Å². The third-order valence-electron chi connectivity index (χ3n) is 4.57. The van der Waals surface area contributed by atoms with Crippen LogP contribution in [0.1, 0.15) is 0 Å². The number of benzene rings is 1. The summed E-state index contributed by atoms with van der Waals surface area (Å²) in [7, 11) is 0. The molecule has 2 aromatic rings. The van der Waals surface area contributed by atoms with Gasteiger partial charge in [0.05, 0.1) is 17.6 Å². The van der Waals surface area contributed by atoms with Crippen molar-refractivity contribution in [3.05, 3.63) is 42.6 Å². The minimum absolute atomic E-state index is 0.236. The normalized spacial score (nSPS) is 26.5. The second kappa shape index (κ2) is 4.62. The molecule has 0 amide bonds. The van der Waals surface area contributed by atoms with E-state index in [1.807, 2.05) is 0 Å². The van der Waals surface area contributed by atoms with E-state index in [4.69, 9.17) is 0 Å². The van der Waals surface area contributed by atoms with Crippen LogP contribution in [0.5, 0.6) is 0 Å². The molecule has 0 radical (unpaired) electrons. The van der Waals surface area contributed by atoms with E-state index in [0.29, 0.717) is 11.8 Å². The largest absolute Gasteiger partial charge is 0.368 e. The summed E-state index contributed by atoms with van der Waals surface area (Å²) in [5, 5.41) is 0. The summed E-state index contributed by atoms with van der Waals surface area (Å²) >= 11 is 0. The number of rotatable bonds is 3. The third-order valence-corrected chi connectivity index (χ3v) is 4.57. The van der Waals surface area contributed by atoms with Gasteiger partial charge in [-0.2, -0.15) is 0 Å². The molecule has 1 aromatic carbocycles. The van der Waals surface area contributed by atoms with E-state index in [9.17, 15) is 9.18 Å². The number of piperidine rings is 1. The quantitative estimate of drug-likeness (QED) is 0.810. The lowest BCUT2D eigenvalue weighted by atomic mass is 10.1.